The fourth-order valence-corrected chi connectivity index (χ4v) is 3.10. The molecule has 0 fully saturated rings. The molecule has 1 heterocycles. The van der Waals surface area contributed by atoms with Crippen LogP contribution in [0.2, 0.25) is 5.02 Å². The van der Waals surface area contributed by atoms with Gasteiger partial charge in [0, 0.05) is 22.7 Å². The Morgan fingerprint density at radius 1 is 1.40 bits per heavy atom. The van der Waals surface area contributed by atoms with Gasteiger partial charge in [-0.1, -0.05) is 17.7 Å². The van der Waals surface area contributed by atoms with Crippen molar-refractivity contribution < 1.29 is 13.2 Å². The van der Waals surface area contributed by atoms with E-state index in [1.807, 2.05) is 4.72 Å². The smallest absolute Gasteiger partial charge is 0.264 e. The highest BCUT2D eigenvalue weighted by atomic mass is 35.5. The van der Waals surface area contributed by atoms with Crippen LogP contribution in [-0.4, -0.2) is 19.3 Å². The van der Waals surface area contributed by atoms with Crippen molar-refractivity contribution in [2.45, 2.75) is 4.90 Å². The molecule has 1 N–H and O–H groups in total. The molecule has 104 valence electrons. The number of carbonyl (C=O) groups is 1. The summed E-state index contributed by atoms with van der Waals surface area (Å²) in [4.78, 5) is 15.4. The lowest BCUT2D eigenvalue weighted by Gasteiger charge is -2.04. The van der Waals surface area contributed by atoms with Gasteiger partial charge in [0.15, 0.2) is 0 Å². The molecule has 2 rings (SSSR count). The number of thiazole rings is 1. The lowest BCUT2D eigenvalue weighted by atomic mass is 10.4. The minimum atomic E-state index is -3.93. The SMILES string of the molecule is O=C(/C=C\c1nccs1)NS(=O)(=O)c1cccc(Cl)c1. The number of halogens is 1. The van der Waals surface area contributed by atoms with Gasteiger partial charge < -0.3 is 0 Å². The third-order valence-electron chi connectivity index (χ3n) is 2.17. The molecule has 0 aliphatic heterocycles. The van der Waals surface area contributed by atoms with Crippen LogP contribution in [0.1, 0.15) is 5.01 Å². The van der Waals surface area contributed by atoms with Crippen LogP contribution in [0.5, 0.6) is 0 Å². The van der Waals surface area contributed by atoms with Crippen LogP contribution >= 0.6 is 22.9 Å². The monoisotopic (exact) mass is 328 g/mol. The number of hydrogen-bond acceptors (Lipinski definition) is 5. The minimum Gasteiger partial charge on any atom is -0.269 e. The van der Waals surface area contributed by atoms with Gasteiger partial charge in [0.05, 0.1) is 4.90 Å². The van der Waals surface area contributed by atoms with E-state index >= 15 is 0 Å². The molecule has 1 aromatic carbocycles. The van der Waals surface area contributed by atoms with Crippen molar-refractivity contribution in [2.24, 2.45) is 0 Å². The van der Waals surface area contributed by atoms with Crippen LogP contribution in [-0.2, 0) is 14.8 Å². The molecule has 0 bridgehead atoms. The van der Waals surface area contributed by atoms with Crippen LogP contribution in [0.4, 0.5) is 0 Å². The lowest BCUT2D eigenvalue weighted by Crippen LogP contribution is -2.28. The maximum absolute atomic E-state index is 11.9. The first kappa shape index (κ1) is 14.7. The molecule has 0 radical (unpaired) electrons. The van der Waals surface area contributed by atoms with Crippen LogP contribution in [0.25, 0.3) is 6.08 Å². The van der Waals surface area contributed by atoms with Crippen molar-refractivity contribution in [1.82, 2.24) is 9.71 Å². The van der Waals surface area contributed by atoms with Crippen molar-refractivity contribution in [3.63, 3.8) is 0 Å². The van der Waals surface area contributed by atoms with Gasteiger partial charge in [0.25, 0.3) is 15.9 Å². The van der Waals surface area contributed by atoms with Crippen molar-refractivity contribution in [1.29, 1.82) is 0 Å². The van der Waals surface area contributed by atoms with Gasteiger partial charge in [-0.25, -0.2) is 18.1 Å². The Kier molecular flexibility index (Phi) is 4.53. The number of hydrogen-bond donors (Lipinski definition) is 1. The third-order valence-corrected chi connectivity index (χ3v) is 4.49. The normalized spacial score (nSPS) is 11.7. The summed E-state index contributed by atoms with van der Waals surface area (Å²) in [6.07, 6.45) is 4.14. The van der Waals surface area contributed by atoms with Crippen LogP contribution < -0.4 is 4.72 Å². The molecule has 8 heteroatoms. The second-order valence-electron chi connectivity index (χ2n) is 3.63. The second kappa shape index (κ2) is 6.17. The maximum Gasteiger partial charge on any atom is 0.264 e. The van der Waals surface area contributed by atoms with Gasteiger partial charge in [-0.3, -0.25) is 4.79 Å². The topological polar surface area (TPSA) is 76.1 Å². The molecule has 0 spiro atoms. The molecule has 1 aromatic heterocycles. The van der Waals surface area contributed by atoms with Gasteiger partial charge in [-0.15, -0.1) is 11.3 Å². The highest BCUT2D eigenvalue weighted by molar-refractivity contribution is 7.90. The molecular formula is C12H9ClN2O3S2. The predicted octanol–water partition coefficient (Wildman–Crippen LogP) is 2.31. The summed E-state index contributed by atoms with van der Waals surface area (Å²) in [6.45, 7) is 0. The Morgan fingerprint density at radius 2 is 2.20 bits per heavy atom. The number of rotatable bonds is 4. The predicted molar refractivity (Wildman–Crippen MR) is 77.9 cm³/mol. The van der Waals surface area contributed by atoms with E-state index in [0.29, 0.717) is 5.01 Å². The zero-order valence-electron chi connectivity index (χ0n) is 9.99. The molecular weight excluding hydrogens is 320 g/mol. The van der Waals surface area contributed by atoms with Crippen molar-refractivity contribution >= 4 is 44.9 Å². The third kappa shape index (κ3) is 3.89. The van der Waals surface area contributed by atoms with E-state index in [4.69, 9.17) is 11.6 Å². The molecule has 2 aromatic rings. The molecule has 1 amide bonds. The zero-order chi connectivity index (χ0) is 14.6. The van der Waals surface area contributed by atoms with E-state index in [-0.39, 0.29) is 9.92 Å². The van der Waals surface area contributed by atoms with Gasteiger partial charge >= 0.3 is 0 Å². The van der Waals surface area contributed by atoms with Crippen LogP contribution in [0.15, 0.2) is 46.8 Å². The molecule has 5 nitrogen and oxygen atoms in total. The van der Waals surface area contributed by atoms with E-state index in [2.05, 4.69) is 4.98 Å². The van der Waals surface area contributed by atoms with E-state index in [1.165, 1.54) is 35.6 Å². The Morgan fingerprint density at radius 3 is 2.85 bits per heavy atom. The van der Waals surface area contributed by atoms with E-state index in [9.17, 15) is 13.2 Å². The van der Waals surface area contributed by atoms with Gasteiger partial charge in [0.1, 0.15) is 5.01 Å². The first-order valence-electron chi connectivity index (χ1n) is 5.37. The fraction of sp³-hybridized carbons (Fsp3) is 0. The number of aromatic nitrogens is 1. The van der Waals surface area contributed by atoms with Crippen molar-refractivity contribution in [3.05, 3.63) is 51.9 Å². The first-order chi connectivity index (χ1) is 9.47. The van der Waals surface area contributed by atoms with Crippen molar-refractivity contribution in [2.75, 3.05) is 0 Å². The van der Waals surface area contributed by atoms with Gasteiger partial charge in [0.2, 0.25) is 0 Å². The molecule has 0 unspecified atom stereocenters. The number of nitrogens with zero attached hydrogens (tertiary/aromatic N) is 1. The largest absolute Gasteiger partial charge is 0.269 e. The quantitative estimate of drug-likeness (QED) is 0.874. The molecule has 0 saturated heterocycles. The Labute approximate surface area is 125 Å². The summed E-state index contributed by atoms with van der Waals surface area (Å²) in [5.74, 6) is -0.750. The summed E-state index contributed by atoms with van der Waals surface area (Å²) in [7, 11) is -3.93. The minimum absolute atomic E-state index is 0.0685. The molecule has 0 aliphatic rings. The van der Waals surface area contributed by atoms with Crippen LogP contribution in [0.3, 0.4) is 0 Å². The van der Waals surface area contributed by atoms with Crippen LogP contribution in [0, 0.1) is 0 Å². The number of benzene rings is 1. The van der Waals surface area contributed by atoms with Gasteiger partial charge in [-0.2, -0.15) is 0 Å². The van der Waals surface area contributed by atoms with Gasteiger partial charge in [-0.05, 0) is 24.3 Å². The Hall–Kier alpha value is -1.70. The zero-order valence-corrected chi connectivity index (χ0v) is 12.4. The number of amides is 1. The van der Waals surface area contributed by atoms with E-state index in [0.717, 1.165) is 6.08 Å². The Bertz CT molecular complexity index is 740. The summed E-state index contributed by atoms with van der Waals surface area (Å²) in [5, 5.41) is 2.64. The Balaban J connectivity index is 2.10. The molecule has 0 saturated carbocycles. The fourth-order valence-electron chi connectivity index (χ4n) is 1.32. The highest BCUT2D eigenvalue weighted by Gasteiger charge is 2.16. The average Bonchev–Trinajstić information content (AvgIpc) is 2.89. The lowest BCUT2D eigenvalue weighted by molar-refractivity contribution is -0.114. The molecule has 0 aliphatic carbocycles. The number of carbonyl (C=O) groups excluding carboxylic acids is 1. The molecule has 0 atom stereocenters. The molecule has 20 heavy (non-hydrogen) atoms. The summed E-state index contributed by atoms with van der Waals surface area (Å²) >= 11 is 7.05. The first-order valence-corrected chi connectivity index (χ1v) is 8.11. The number of sulfonamides is 1. The second-order valence-corrected chi connectivity index (χ2v) is 6.68. The average molecular weight is 329 g/mol. The standard InChI is InChI=1S/C12H9ClN2O3S2/c13-9-2-1-3-10(8-9)20(17,18)15-11(16)4-5-12-14-6-7-19-12/h1-8H,(H,15,16)/b5-4-. The summed E-state index contributed by atoms with van der Waals surface area (Å²) in [6, 6.07) is 5.66. The van der Waals surface area contributed by atoms with E-state index < -0.39 is 15.9 Å². The van der Waals surface area contributed by atoms with E-state index in [1.54, 1.807) is 17.6 Å². The summed E-state index contributed by atoms with van der Waals surface area (Å²) in [5.41, 5.74) is 0. The maximum atomic E-state index is 11.9. The summed E-state index contributed by atoms with van der Waals surface area (Å²) < 4.78 is 25.8. The van der Waals surface area contributed by atoms with Crippen molar-refractivity contribution in [3.8, 4) is 0 Å². The number of nitrogens with one attached hydrogen (secondary N) is 1. The highest BCUT2D eigenvalue weighted by Crippen LogP contribution is 2.15.